The van der Waals surface area contributed by atoms with E-state index in [-0.39, 0.29) is 5.69 Å². The summed E-state index contributed by atoms with van der Waals surface area (Å²) >= 11 is 0. The largest absolute Gasteiger partial charge is 0.489 e. The van der Waals surface area contributed by atoms with Crippen molar-refractivity contribution in [1.29, 1.82) is 0 Å². The lowest BCUT2D eigenvalue weighted by Gasteiger charge is -2.30. The standard InChI is InChI=1S/C28H29N3O4/c1-33-27-24(17-29-26-16-25(28(32)34-2)30-31(26)27)22-10-6-9-21(15-22)20-11-13-23(14-12-20)35-18-19-7-4-3-5-8-19/h3-5,7-8,11-14,16-17,21-22H,6,9-10,15,18H2,1-2H3. The number of aromatic nitrogens is 3. The van der Waals surface area contributed by atoms with Crippen LogP contribution in [0.25, 0.3) is 5.65 Å². The zero-order valence-corrected chi connectivity index (χ0v) is 20.0. The molecule has 0 N–H and O–H groups in total. The lowest BCUT2D eigenvalue weighted by molar-refractivity contribution is 0.0593. The van der Waals surface area contributed by atoms with Gasteiger partial charge in [-0.2, -0.15) is 9.61 Å². The highest BCUT2D eigenvalue weighted by atomic mass is 16.5. The zero-order chi connectivity index (χ0) is 24.2. The van der Waals surface area contributed by atoms with Crippen LogP contribution < -0.4 is 9.47 Å². The summed E-state index contributed by atoms with van der Waals surface area (Å²) in [5.74, 6) is 1.75. The summed E-state index contributed by atoms with van der Waals surface area (Å²) in [7, 11) is 2.97. The fourth-order valence-electron chi connectivity index (χ4n) is 4.97. The van der Waals surface area contributed by atoms with E-state index in [1.54, 1.807) is 17.7 Å². The van der Waals surface area contributed by atoms with E-state index in [9.17, 15) is 4.79 Å². The molecule has 0 radical (unpaired) electrons. The first kappa shape index (κ1) is 22.9. The predicted octanol–water partition coefficient (Wildman–Crippen LogP) is 5.54. The summed E-state index contributed by atoms with van der Waals surface area (Å²) in [4.78, 5) is 16.5. The smallest absolute Gasteiger partial charge is 0.358 e. The van der Waals surface area contributed by atoms with Crippen molar-refractivity contribution in [1.82, 2.24) is 14.6 Å². The average molecular weight is 472 g/mol. The van der Waals surface area contributed by atoms with Gasteiger partial charge in [-0.3, -0.25) is 0 Å². The molecular formula is C28H29N3O4. The Morgan fingerprint density at radius 1 is 1.03 bits per heavy atom. The number of benzene rings is 2. The first-order valence-corrected chi connectivity index (χ1v) is 11.9. The van der Waals surface area contributed by atoms with Crippen LogP contribution in [0.1, 0.15) is 64.7 Å². The summed E-state index contributed by atoms with van der Waals surface area (Å²) in [5.41, 5.74) is 4.27. The van der Waals surface area contributed by atoms with Crippen LogP contribution >= 0.6 is 0 Å². The molecule has 0 spiro atoms. The SMILES string of the molecule is COC(=O)c1cc2ncc(C3CCCC(c4ccc(OCc5ccccc5)cc4)C3)c(OC)n2n1. The summed E-state index contributed by atoms with van der Waals surface area (Å²) < 4.78 is 18.1. The maximum Gasteiger partial charge on any atom is 0.358 e. The van der Waals surface area contributed by atoms with Crippen LogP contribution in [-0.4, -0.2) is 34.8 Å². The van der Waals surface area contributed by atoms with E-state index in [0.29, 0.717) is 30.0 Å². The Bertz CT molecular complexity index is 1300. The highest BCUT2D eigenvalue weighted by molar-refractivity contribution is 5.88. The summed E-state index contributed by atoms with van der Waals surface area (Å²) in [6.07, 6.45) is 6.19. The van der Waals surface area contributed by atoms with Crippen molar-refractivity contribution in [3.8, 4) is 11.6 Å². The van der Waals surface area contributed by atoms with Crippen molar-refractivity contribution < 1.29 is 19.0 Å². The van der Waals surface area contributed by atoms with Gasteiger partial charge in [-0.05, 0) is 54.4 Å². The van der Waals surface area contributed by atoms with Crippen molar-refractivity contribution >= 4 is 11.6 Å². The number of esters is 1. The van der Waals surface area contributed by atoms with Gasteiger partial charge in [0.25, 0.3) is 0 Å². The van der Waals surface area contributed by atoms with Crippen molar-refractivity contribution in [2.24, 2.45) is 0 Å². The van der Waals surface area contributed by atoms with Crippen molar-refractivity contribution in [2.75, 3.05) is 14.2 Å². The first-order chi connectivity index (χ1) is 17.2. The van der Waals surface area contributed by atoms with Gasteiger partial charge in [-0.1, -0.05) is 48.9 Å². The van der Waals surface area contributed by atoms with Crippen LogP contribution in [-0.2, 0) is 11.3 Å². The molecule has 2 unspecified atom stereocenters. The Labute approximate surface area is 204 Å². The summed E-state index contributed by atoms with van der Waals surface area (Å²) in [5, 5.41) is 4.38. The number of carbonyl (C=O) groups is 1. The number of rotatable bonds is 7. The molecule has 2 atom stereocenters. The Hall–Kier alpha value is -3.87. The predicted molar refractivity (Wildman–Crippen MR) is 132 cm³/mol. The van der Waals surface area contributed by atoms with E-state index in [1.165, 1.54) is 12.7 Å². The second kappa shape index (κ2) is 10.2. The molecule has 2 aromatic heterocycles. The molecule has 1 aliphatic rings. The zero-order valence-electron chi connectivity index (χ0n) is 20.0. The van der Waals surface area contributed by atoms with E-state index in [2.05, 4.69) is 46.5 Å². The Morgan fingerprint density at radius 2 is 1.80 bits per heavy atom. The second-order valence-corrected chi connectivity index (χ2v) is 8.92. The van der Waals surface area contributed by atoms with Gasteiger partial charge in [-0.25, -0.2) is 9.78 Å². The van der Waals surface area contributed by atoms with Gasteiger partial charge in [0, 0.05) is 17.8 Å². The highest BCUT2D eigenvalue weighted by Gasteiger charge is 2.28. The number of fused-ring (bicyclic) bond motifs is 1. The van der Waals surface area contributed by atoms with Gasteiger partial charge >= 0.3 is 5.97 Å². The van der Waals surface area contributed by atoms with Crippen LogP contribution in [0.3, 0.4) is 0 Å². The van der Waals surface area contributed by atoms with Crippen molar-refractivity contribution in [3.63, 3.8) is 0 Å². The molecule has 1 saturated carbocycles. The highest BCUT2D eigenvalue weighted by Crippen LogP contribution is 2.43. The third-order valence-corrected chi connectivity index (χ3v) is 6.77. The topological polar surface area (TPSA) is 75.0 Å². The molecule has 7 nitrogen and oxygen atoms in total. The van der Waals surface area contributed by atoms with Gasteiger partial charge in [0.1, 0.15) is 12.4 Å². The maximum atomic E-state index is 11.9. The molecule has 4 aromatic rings. The van der Waals surface area contributed by atoms with Gasteiger partial charge in [0.2, 0.25) is 5.88 Å². The van der Waals surface area contributed by atoms with E-state index in [4.69, 9.17) is 14.2 Å². The van der Waals surface area contributed by atoms with E-state index in [1.807, 2.05) is 24.4 Å². The van der Waals surface area contributed by atoms with Gasteiger partial charge in [0.05, 0.1) is 14.2 Å². The molecule has 0 saturated heterocycles. The average Bonchev–Trinajstić information content (AvgIpc) is 3.36. The quantitative estimate of drug-likeness (QED) is 0.329. The molecule has 2 aromatic carbocycles. The molecule has 0 aliphatic heterocycles. The van der Waals surface area contributed by atoms with E-state index >= 15 is 0 Å². The van der Waals surface area contributed by atoms with Crippen LogP contribution in [0, 0.1) is 0 Å². The van der Waals surface area contributed by atoms with E-state index < -0.39 is 5.97 Å². The third kappa shape index (κ3) is 4.85. The Balaban J connectivity index is 1.32. The number of methoxy groups -OCH3 is 2. The Morgan fingerprint density at radius 3 is 2.54 bits per heavy atom. The lowest BCUT2D eigenvalue weighted by Crippen LogP contribution is -2.15. The van der Waals surface area contributed by atoms with Gasteiger partial charge in [-0.15, -0.1) is 0 Å². The molecule has 1 fully saturated rings. The van der Waals surface area contributed by atoms with Crippen LogP contribution in [0.15, 0.2) is 66.9 Å². The molecule has 7 heteroatoms. The monoisotopic (exact) mass is 471 g/mol. The number of hydrogen-bond donors (Lipinski definition) is 0. The van der Waals surface area contributed by atoms with Crippen LogP contribution in [0.2, 0.25) is 0 Å². The fourth-order valence-corrected chi connectivity index (χ4v) is 4.97. The van der Waals surface area contributed by atoms with E-state index in [0.717, 1.165) is 42.6 Å². The van der Waals surface area contributed by atoms with Gasteiger partial charge in [0.15, 0.2) is 11.3 Å². The minimum atomic E-state index is -0.493. The molecule has 1 aliphatic carbocycles. The minimum absolute atomic E-state index is 0.214. The summed E-state index contributed by atoms with van der Waals surface area (Å²) in [6, 6.07) is 20.3. The fraction of sp³-hybridized carbons (Fsp3) is 0.321. The van der Waals surface area contributed by atoms with Crippen LogP contribution in [0.5, 0.6) is 11.6 Å². The number of hydrogen-bond acceptors (Lipinski definition) is 6. The molecule has 35 heavy (non-hydrogen) atoms. The number of ether oxygens (including phenoxy) is 3. The van der Waals surface area contributed by atoms with Crippen molar-refractivity contribution in [3.05, 3.63) is 89.2 Å². The molecule has 2 heterocycles. The van der Waals surface area contributed by atoms with Gasteiger partial charge < -0.3 is 14.2 Å². The molecule has 5 rings (SSSR count). The first-order valence-electron chi connectivity index (χ1n) is 11.9. The molecule has 0 amide bonds. The molecule has 180 valence electrons. The second-order valence-electron chi connectivity index (χ2n) is 8.92. The third-order valence-electron chi connectivity index (χ3n) is 6.77. The maximum absolute atomic E-state index is 11.9. The minimum Gasteiger partial charge on any atom is -0.489 e. The number of nitrogens with zero attached hydrogens (tertiary/aromatic N) is 3. The lowest BCUT2D eigenvalue weighted by atomic mass is 9.76. The van der Waals surface area contributed by atoms with Crippen LogP contribution in [0.4, 0.5) is 0 Å². The normalized spacial score (nSPS) is 17.8. The van der Waals surface area contributed by atoms with Crippen molar-refractivity contribution in [2.45, 2.75) is 44.1 Å². The molecular weight excluding hydrogens is 442 g/mol. The number of carbonyl (C=O) groups excluding carboxylic acids is 1. The molecule has 0 bridgehead atoms. The Kier molecular flexibility index (Phi) is 6.66. The summed E-state index contributed by atoms with van der Waals surface area (Å²) in [6.45, 7) is 0.562.